The zero-order valence-corrected chi connectivity index (χ0v) is 13.9. The minimum Gasteiger partial charge on any atom is -0.493 e. The molecule has 0 spiro atoms. The predicted octanol–water partition coefficient (Wildman–Crippen LogP) is 4.00. The molecule has 1 fully saturated rings. The second-order valence-electron chi connectivity index (χ2n) is 5.53. The third kappa shape index (κ3) is 4.38. The lowest BCUT2D eigenvalue weighted by Crippen LogP contribution is -2.35. The molecule has 4 heteroatoms. The van der Waals surface area contributed by atoms with E-state index in [9.17, 15) is 0 Å². The standard InChI is InChI=1S/C16H24BrNO2/c1-12-6-8-13(9-7-12)18-10-11-20-16-14(17)4-3-5-15(16)19-2/h3-5,12-13,18H,6-11H2,1-2H3. The maximum atomic E-state index is 5.84. The van der Waals surface area contributed by atoms with Crippen LogP contribution in [-0.2, 0) is 0 Å². The van der Waals surface area contributed by atoms with Gasteiger partial charge in [0.05, 0.1) is 11.6 Å². The van der Waals surface area contributed by atoms with Crippen molar-refractivity contribution in [2.24, 2.45) is 5.92 Å². The molecule has 1 aromatic rings. The van der Waals surface area contributed by atoms with Crippen LogP contribution in [0.25, 0.3) is 0 Å². The van der Waals surface area contributed by atoms with Crippen molar-refractivity contribution in [2.45, 2.75) is 38.6 Å². The van der Waals surface area contributed by atoms with Crippen LogP contribution in [-0.4, -0.2) is 26.3 Å². The maximum absolute atomic E-state index is 5.84. The Bertz CT molecular complexity index is 417. The van der Waals surface area contributed by atoms with Crippen LogP contribution in [0, 0.1) is 5.92 Å². The molecular formula is C16H24BrNO2. The van der Waals surface area contributed by atoms with E-state index < -0.39 is 0 Å². The molecule has 0 radical (unpaired) electrons. The number of benzene rings is 1. The van der Waals surface area contributed by atoms with Gasteiger partial charge in [-0.3, -0.25) is 0 Å². The van der Waals surface area contributed by atoms with Crippen molar-refractivity contribution in [2.75, 3.05) is 20.3 Å². The van der Waals surface area contributed by atoms with E-state index in [1.54, 1.807) is 7.11 Å². The van der Waals surface area contributed by atoms with Crippen molar-refractivity contribution in [3.63, 3.8) is 0 Å². The zero-order valence-electron chi connectivity index (χ0n) is 12.3. The van der Waals surface area contributed by atoms with Crippen LogP contribution in [0.1, 0.15) is 32.6 Å². The first-order chi connectivity index (χ1) is 9.70. The first-order valence-electron chi connectivity index (χ1n) is 7.39. The summed E-state index contributed by atoms with van der Waals surface area (Å²) in [6, 6.07) is 6.48. The van der Waals surface area contributed by atoms with E-state index in [4.69, 9.17) is 9.47 Å². The Kier molecular flexibility index (Phi) is 6.17. The molecule has 0 bridgehead atoms. The number of hydrogen-bond acceptors (Lipinski definition) is 3. The minimum atomic E-state index is 0.658. The molecule has 2 rings (SSSR count). The van der Waals surface area contributed by atoms with E-state index in [-0.39, 0.29) is 0 Å². The van der Waals surface area contributed by atoms with Gasteiger partial charge in [0.1, 0.15) is 6.61 Å². The van der Waals surface area contributed by atoms with Gasteiger partial charge in [-0.2, -0.15) is 0 Å². The lowest BCUT2D eigenvalue weighted by molar-refractivity contribution is 0.261. The second kappa shape index (κ2) is 7.89. The highest BCUT2D eigenvalue weighted by Crippen LogP contribution is 2.34. The molecule has 3 nitrogen and oxygen atoms in total. The summed E-state index contributed by atoms with van der Waals surface area (Å²) in [4.78, 5) is 0. The number of methoxy groups -OCH3 is 1. The van der Waals surface area contributed by atoms with Gasteiger partial charge in [-0.25, -0.2) is 0 Å². The van der Waals surface area contributed by atoms with E-state index in [1.807, 2.05) is 18.2 Å². The summed E-state index contributed by atoms with van der Waals surface area (Å²) in [5, 5.41) is 3.59. The van der Waals surface area contributed by atoms with Gasteiger partial charge in [0, 0.05) is 12.6 Å². The van der Waals surface area contributed by atoms with Crippen LogP contribution in [0.5, 0.6) is 11.5 Å². The van der Waals surface area contributed by atoms with Crippen LogP contribution in [0.15, 0.2) is 22.7 Å². The molecule has 112 valence electrons. The van der Waals surface area contributed by atoms with E-state index in [1.165, 1.54) is 25.7 Å². The highest BCUT2D eigenvalue weighted by Gasteiger charge is 2.17. The predicted molar refractivity (Wildman–Crippen MR) is 85.6 cm³/mol. The van der Waals surface area contributed by atoms with E-state index >= 15 is 0 Å². The molecule has 0 heterocycles. The molecule has 0 atom stereocenters. The highest BCUT2D eigenvalue weighted by atomic mass is 79.9. The Morgan fingerprint density at radius 2 is 2.00 bits per heavy atom. The summed E-state index contributed by atoms with van der Waals surface area (Å²) >= 11 is 3.50. The fourth-order valence-corrected chi connectivity index (χ4v) is 3.13. The van der Waals surface area contributed by atoms with Crippen molar-refractivity contribution in [3.05, 3.63) is 22.7 Å². The maximum Gasteiger partial charge on any atom is 0.175 e. The van der Waals surface area contributed by atoms with Crippen LogP contribution >= 0.6 is 15.9 Å². The Balaban J connectivity index is 1.73. The molecule has 1 aliphatic carbocycles. The SMILES string of the molecule is COc1cccc(Br)c1OCCNC1CCC(C)CC1. The van der Waals surface area contributed by atoms with E-state index in [0.717, 1.165) is 28.4 Å². The molecule has 1 aromatic carbocycles. The van der Waals surface area contributed by atoms with Crippen LogP contribution in [0.4, 0.5) is 0 Å². The van der Waals surface area contributed by atoms with Gasteiger partial charge in [-0.05, 0) is 59.7 Å². The molecule has 0 amide bonds. The highest BCUT2D eigenvalue weighted by molar-refractivity contribution is 9.10. The Labute approximate surface area is 130 Å². The Hall–Kier alpha value is -0.740. The average Bonchev–Trinajstić information content (AvgIpc) is 2.46. The van der Waals surface area contributed by atoms with Gasteiger partial charge in [0.25, 0.3) is 0 Å². The molecule has 0 unspecified atom stereocenters. The minimum absolute atomic E-state index is 0.658. The number of para-hydroxylation sites is 1. The molecule has 0 aromatic heterocycles. The van der Waals surface area contributed by atoms with Gasteiger partial charge in [-0.1, -0.05) is 13.0 Å². The number of nitrogens with one attached hydrogen (secondary N) is 1. The third-order valence-electron chi connectivity index (χ3n) is 3.95. The van der Waals surface area contributed by atoms with Gasteiger partial charge < -0.3 is 14.8 Å². The van der Waals surface area contributed by atoms with Gasteiger partial charge in [0.15, 0.2) is 11.5 Å². The number of rotatable bonds is 6. The fourth-order valence-electron chi connectivity index (χ4n) is 2.67. The van der Waals surface area contributed by atoms with Crippen molar-refractivity contribution in [1.82, 2.24) is 5.32 Å². The monoisotopic (exact) mass is 341 g/mol. The Morgan fingerprint density at radius 3 is 2.70 bits per heavy atom. The number of hydrogen-bond donors (Lipinski definition) is 1. The molecule has 0 saturated heterocycles. The summed E-state index contributed by atoms with van der Waals surface area (Å²) in [7, 11) is 1.66. The summed E-state index contributed by atoms with van der Waals surface area (Å²) in [6.45, 7) is 3.88. The van der Waals surface area contributed by atoms with E-state index in [2.05, 4.69) is 28.2 Å². The first kappa shape index (κ1) is 15.6. The van der Waals surface area contributed by atoms with Crippen molar-refractivity contribution < 1.29 is 9.47 Å². The summed E-state index contributed by atoms with van der Waals surface area (Å²) in [5.74, 6) is 2.45. The van der Waals surface area contributed by atoms with Crippen molar-refractivity contribution in [3.8, 4) is 11.5 Å². The third-order valence-corrected chi connectivity index (χ3v) is 4.57. The molecule has 0 aliphatic heterocycles. The summed E-state index contributed by atoms with van der Waals surface area (Å²) in [5.41, 5.74) is 0. The fraction of sp³-hybridized carbons (Fsp3) is 0.625. The normalized spacial score (nSPS) is 22.6. The summed E-state index contributed by atoms with van der Waals surface area (Å²) in [6.07, 6.45) is 5.27. The molecular weight excluding hydrogens is 318 g/mol. The number of halogens is 1. The second-order valence-corrected chi connectivity index (χ2v) is 6.38. The molecule has 1 saturated carbocycles. The van der Waals surface area contributed by atoms with Crippen LogP contribution < -0.4 is 14.8 Å². The lowest BCUT2D eigenvalue weighted by Gasteiger charge is -2.27. The lowest BCUT2D eigenvalue weighted by atomic mass is 9.87. The molecule has 1 N–H and O–H groups in total. The quantitative estimate of drug-likeness (QED) is 0.793. The van der Waals surface area contributed by atoms with Gasteiger partial charge in [-0.15, -0.1) is 0 Å². The van der Waals surface area contributed by atoms with Crippen molar-refractivity contribution >= 4 is 15.9 Å². The topological polar surface area (TPSA) is 30.5 Å². The smallest absolute Gasteiger partial charge is 0.175 e. The zero-order chi connectivity index (χ0) is 14.4. The average molecular weight is 342 g/mol. The van der Waals surface area contributed by atoms with Crippen LogP contribution in [0.3, 0.4) is 0 Å². The van der Waals surface area contributed by atoms with Crippen molar-refractivity contribution in [1.29, 1.82) is 0 Å². The summed E-state index contributed by atoms with van der Waals surface area (Å²) < 4.78 is 12.1. The largest absolute Gasteiger partial charge is 0.493 e. The molecule has 1 aliphatic rings. The first-order valence-corrected chi connectivity index (χ1v) is 8.18. The Morgan fingerprint density at radius 1 is 1.25 bits per heavy atom. The van der Waals surface area contributed by atoms with E-state index in [0.29, 0.717) is 12.6 Å². The molecule has 20 heavy (non-hydrogen) atoms. The van der Waals surface area contributed by atoms with Crippen LogP contribution in [0.2, 0.25) is 0 Å². The van der Waals surface area contributed by atoms with Gasteiger partial charge >= 0.3 is 0 Å². The van der Waals surface area contributed by atoms with Gasteiger partial charge in [0.2, 0.25) is 0 Å². The number of ether oxygens (including phenoxy) is 2.